The lowest BCUT2D eigenvalue weighted by molar-refractivity contribution is -0.121. The Morgan fingerprint density at radius 1 is 0.712 bits per heavy atom. The smallest absolute Gasteiger partial charge is 0.256 e. The number of nitrogens with one attached hydrogen (secondary N) is 2. The van der Waals surface area contributed by atoms with Crippen LogP contribution < -0.4 is 29.9 Å². The summed E-state index contributed by atoms with van der Waals surface area (Å²) in [6.45, 7) is 4.07. The molecule has 2 atom stereocenters. The molecule has 0 aliphatic rings. The Hall–Kier alpha value is -5.72. The molecule has 0 aliphatic heterocycles. The molecule has 0 bridgehead atoms. The van der Waals surface area contributed by atoms with Gasteiger partial charge in [-0.2, -0.15) is 15.0 Å². The second-order valence-corrected chi connectivity index (χ2v) is 13.2. The number of benzene rings is 4. The summed E-state index contributed by atoms with van der Waals surface area (Å²) < 4.78 is 10.6. The molecule has 0 fully saturated rings. The number of methoxy groups -OCH3 is 2. The highest BCUT2D eigenvalue weighted by molar-refractivity contribution is 6.33. The summed E-state index contributed by atoms with van der Waals surface area (Å²) in [5.74, 6) is 0.610. The molecule has 0 spiro atoms. The third kappa shape index (κ3) is 8.76. The van der Waals surface area contributed by atoms with Gasteiger partial charge in [-0.05, 0) is 71.3 Å². The van der Waals surface area contributed by atoms with E-state index in [0.29, 0.717) is 22.9 Å². The maximum atomic E-state index is 14.5. The summed E-state index contributed by atoms with van der Waals surface area (Å²) in [4.78, 5) is 45.1. The topological polar surface area (TPSA) is 122 Å². The van der Waals surface area contributed by atoms with Gasteiger partial charge in [0, 0.05) is 38.3 Å². The zero-order valence-electron chi connectivity index (χ0n) is 29.3. The van der Waals surface area contributed by atoms with Crippen LogP contribution >= 0.6 is 11.6 Å². The normalized spacial score (nSPS) is 13.1. The first kappa shape index (κ1) is 37.5. The Morgan fingerprint density at radius 3 is 1.62 bits per heavy atom. The molecule has 3 radical (unpaired) electrons. The highest BCUT2D eigenvalue weighted by atomic mass is 35.5. The summed E-state index contributed by atoms with van der Waals surface area (Å²) in [6.07, 6.45) is 1.93. The Labute approximate surface area is 312 Å². The number of carbonyl (C=O) groups is 2. The second-order valence-electron chi connectivity index (χ2n) is 12.0. The van der Waals surface area contributed by atoms with E-state index in [1.807, 2.05) is 60.7 Å². The van der Waals surface area contributed by atoms with Gasteiger partial charge in [-0.1, -0.05) is 66.7 Å². The maximum Gasteiger partial charge on any atom is 0.256 e. The summed E-state index contributed by atoms with van der Waals surface area (Å²) in [6, 6.07) is 33.3. The molecule has 0 saturated heterocycles. The molecule has 52 heavy (non-hydrogen) atoms. The van der Waals surface area contributed by atoms with E-state index >= 15 is 0 Å². The van der Waals surface area contributed by atoms with Crippen LogP contribution in [0.4, 0.5) is 23.3 Å². The number of amides is 2. The number of rotatable bonds is 15. The molecule has 13 heteroatoms. The summed E-state index contributed by atoms with van der Waals surface area (Å²) in [5, 5.41) is 4.78. The fourth-order valence-corrected chi connectivity index (χ4v) is 6.30. The minimum Gasteiger partial charge on any atom is -0.497 e. The number of ether oxygens (including phenoxy) is 2. The van der Waals surface area contributed by atoms with Gasteiger partial charge >= 0.3 is 0 Å². The van der Waals surface area contributed by atoms with Crippen molar-refractivity contribution in [3.63, 3.8) is 0 Å². The van der Waals surface area contributed by atoms with Crippen molar-refractivity contribution in [2.45, 2.75) is 23.5 Å². The molecule has 0 aliphatic carbocycles. The van der Waals surface area contributed by atoms with Crippen molar-refractivity contribution < 1.29 is 19.1 Å². The first-order valence-corrected chi connectivity index (χ1v) is 17.2. The van der Waals surface area contributed by atoms with Crippen LogP contribution in [0.1, 0.15) is 11.1 Å². The molecule has 5 rings (SSSR count). The first-order valence-electron chi connectivity index (χ1n) is 16.3. The number of nitrogens with zero attached hydrogens (tertiary/aromatic N) is 5. The molecular weight excluding hydrogens is 694 g/mol. The predicted octanol–water partition coefficient (Wildman–Crippen LogP) is 5.97. The third-order valence-corrected chi connectivity index (χ3v) is 9.21. The van der Waals surface area contributed by atoms with Crippen molar-refractivity contribution in [3.8, 4) is 11.5 Å². The van der Waals surface area contributed by atoms with Crippen LogP contribution in [0, 0.1) is 0 Å². The SMILES string of the molecule is C=CC(Cc1ccccc1)(Nc1nc(Cl)nc(N[C@]([Si])(Cc2ccccc2)C(=O)N(C)c2ccc(OC)cc2)n1)C(=O)N(C)c1ccc(OC)cc1. The Morgan fingerprint density at radius 2 is 1.15 bits per heavy atom. The van der Waals surface area contributed by atoms with Crippen LogP contribution in [-0.2, 0) is 22.4 Å². The lowest BCUT2D eigenvalue weighted by atomic mass is 9.89. The first-order chi connectivity index (χ1) is 25.0. The van der Waals surface area contributed by atoms with Crippen molar-refractivity contribution >= 4 is 56.9 Å². The van der Waals surface area contributed by atoms with Gasteiger partial charge in [0.2, 0.25) is 23.1 Å². The van der Waals surface area contributed by atoms with Crippen LogP contribution in [0.15, 0.2) is 122 Å². The molecule has 4 aromatic carbocycles. The average molecular weight is 733 g/mol. The Bertz CT molecular complexity index is 1990. The summed E-state index contributed by atoms with van der Waals surface area (Å²) in [5.41, 5.74) is 1.54. The van der Waals surface area contributed by atoms with E-state index in [2.05, 4.69) is 42.4 Å². The van der Waals surface area contributed by atoms with Gasteiger partial charge in [0.05, 0.1) is 24.5 Å². The van der Waals surface area contributed by atoms with E-state index in [1.165, 1.54) is 15.9 Å². The van der Waals surface area contributed by atoms with E-state index in [9.17, 15) is 9.59 Å². The summed E-state index contributed by atoms with van der Waals surface area (Å²) >= 11 is 6.51. The fourth-order valence-electron chi connectivity index (χ4n) is 5.66. The van der Waals surface area contributed by atoms with Gasteiger partial charge in [0.15, 0.2) is 0 Å². The molecule has 11 nitrogen and oxygen atoms in total. The molecule has 1 aromatic heterocycles. The summed E-state index contributed by atoms with van der Waals surface area (Å²) in [7, 11) is 10.3. The van der Waals surface area contributed by atoms with Crippen molar-refractivity contribution in [3.05, 3.63) is 138 Å². The number of likely N-dealkylation sites (N-methyl/N-ethyl adjacent to an activating group) is 2. The zero-order chi connectivity index (χ0) is 37.3. The highest BCUT2D eigenvalue weighted by Crippen LogP contribution is 2.29. The van der Waals surface area contributed by atoms with E-state index in [0.717, 1.165) is 11.1 Å². The number of anilines is 4. The highest BCUT2D eigenvalue weighted by Gasteiger charge is 2.41. The molecule has 5 aromatic rings. The zero-order valence-corrected chi connectivity index (χ0v) is 31.1. The Balaban J connectivity index is 1.51. The average Bonchev–Trinajstić information content (AvgIpc) is 3.17. The van der Waals surface area contributed by atoms with E-state index in [1.54, 1.807) is 76.8 Å². The fraction of sp³-hybridized carbons (Fsp3) is 0.205. The predicted molar refractivity (Wildman–Crippen MR) is 207 cm³/mol. The van der Waals surface area contributed by atoms with Crippen molar-refractivity contribution in [1.29, 1.82) is 0 Å². The van der Waals surface area contributed by atoms with Crippen molar-refractivity contribution in [1.82, 2.24) is 15.0 Å². The largest absolute Gasteiger partial charge is 0.497 e. The molecular formula is C39H39ClN7O4Si. The van der Waals surface area contributed by atoms with Crippen molar-refractivity contribution in [2.75, 3.05) is 48.7 Å². The number of aromatic nitrogens is 3. The van der Waals surface area contributed by atoms with Gasteiger partial charge in [-0.3, -0.25) is 9.59 Å². The van der Waals surface area contributed by atoms with E-state index in [-0.39, 0.29) is 41.8 Å². The minimum atomic E-state index is -1.46. The van der Waals surface area contributed by atoms with Crippen molar-refractivity contribution in [2.24, 2.45) is 0 Å². The number of hydrogen-bond acceptors (Lipinski definition) is 9. The van der Waals surface area contributed by atoms with Crippen LogP contribution in [0.25, 0.3) is 0 Å². The van der Waals surface area contributed by atoms with Gasteiger partial charge in [0.25, 0.3) is 5.91 Å². The lowest BCUT2D eigenvalue weighted by Gasteiger charge is -2.35. The second kappa shape index (κ2) is 16.5. The van der Waals surface area contributed by atoms with Gasteiger partial charge in [0.1, 0.15) is 22.2 Å². The van der Waals surface area contributed by atoms with Crippen LogP contribution in [0.5, 0.6) is 11.5 Å². The molecule has 265 valence electrons. The van der Waals surface area contributed by atoms with E-state index < -0.39 is 10.7 Å². The van der Waals surface area contributed by atoms with Crippen LogP contribution in [-0.4, -0.2) is 76.0 Å². The molecule has 1 unspecified atom stereocenters. The third-order valence-electron chi connectivity index (χ3n) is 8.53. The quantitative estimate of drug-likeness (QED) is 0.0991. The standard InChI is InChI=1S/C39H39ClN7O4Si/c1-6-38(25-27-13-9-7-10-14-27,33(48)46(2)29-17-21-31(50-4)22-18-29)44-36-41-35(40)42-37(43-36)45-39(52,26-28-15-11-8-12-16-28)34(49)47(3)30-19-23-32(51-5)24-20-30/h6-24H,1,25-26H2,2-5H3,(H2,41,42,43,44,45)/t38?,39-/m0/s1. The minimum absolute atomic E-state index is 0.0144. The van der Waals surface area contributed by atoms with Gasteiger partial charge in [-0.15, -0.1) is 6.58 Å². The monoisotopic (exact) mass is 732 g/mol. The van der Waals surface area contributed by atoms with Crippen LogP contribution in [0.3, 0.4) is 0 Å². The number of halogens is 1. The van der Waals surface area contributed by atoms with Crippen LogP contribution in [0.2, 0.25) is 5.28 Å². The maximum absolute atomic E-state index is 14.5. The lowest BCUT2D eigenvalue weighted by Crippen LogP contribution is -2.56. The van der Waals surface area contributed by atoms with Gasteiger partial charge in [-0.25, -0.2) is 0 Å². The molecule has 2 amide bonds. The number of hydrogen-bond donors (Lipinski definition) is 2. The van der Waals surface area contributed by atoms with E-state index in [4.69, 9.17) is 21.1 Å². The Kier molecular flexibility index (Phi) is 11.9. The van der Waals surface area contributed by atoms with Gasteiger partial charge < -0.3 is 29.9 Å². The molecule has 2 N–H and O–H groups in total. The molecule has 0 saturated carbocycles. The number of carbonyl (C=O) groups excluding carboxylic acids is 2. The molecule has 1 heterocycles.